The minimum absolute atomic E-state index is 0.704. The van der Waals surface area contributed by atoms with Crippen molar-refractivity contribution in [3.8, 4) is 0 Å². The lowest BCUT2D eigenvalue weighted by molar-refractivity contribution is 0.700. The Kier molecular flexibility index (Phi) is 3.52. The summed E-state index contributed by atoms with van der Waals surface area (Å²) in [6.07, 6.45) is 4.38. The summed E-state index contributed by atoms with van der Waals surface area (Å²) in [5.41, 5.74) is 0. The van der Waals surface area contributed by atoms with Gasteiger partial charge >= 0.3 is 0 Å². The number of aromatic nitrogens is 1. The van der Waals surface area contributed by atoms with Gasteiger partial charge in [-0.15, -0.1) is 0 Å². The molecule has 1 aliphatic carbocycles. The highest BCUT2D eigenvalue weighted by atomic mass is 79.9. The molecular weight excluding hydrogens is 275 g/mol. The third-order valence-corrected chi connectivity index (χ3v) is 4.12. The fraction of sp³-hybridized carbons (Fsp3) is 0.545. The molecule has 2 atom stereocenters. The van der Waals surface area contributed by atoms with Gasteiger partial charge in [-0.2, -0.15) is 0 Å². The van der Waals surface area contributed by atoms with Gasteiger partial charge in [0, 0.05) is 18.8 Å². The molecule has 0 radical (unpaired) electrons. The molecular formula is C11H14BrClN2. The molecule has 0 amide bonds. The molecule has 2 rings (SSSR count). The molecule has 1 aliphatic rings. The number of anilines is 1. The third kappa shape index (κ3) is 2.85. The summed E-state index contributed by atoms with van der Waals surface area (Å²) in [7, 11) is 0. The van der Waals surface area contributed by atoms with Gasteiger partial charge < -0.3 is 5.32 Å². The van der Waals surface area contributed by atoms with E-state index in [4.69, 9.17) is 11.6 Å². The van der Waals surface area contributed by atoms with Crippen LogP contribution in [0.1, 0.15) is 19.8 Å². The van der Waals surface area contributed by atoms with Crippen LogP contribution in [0.25, 0.3) is 0 Å². The number of hydrogen-bond donors (Lipinski definition) is 1. The molecule has 15 heavy (non-hydrogen) atoms. The van der Waals surface area contributed by atoms with Gasteiger partial charge in [0.15, 0.2) is 0 Å². The van der Waals surface area contributed by atoms with Crippen LogP contribution in [-0.4, -0.2) is 11.5 Å². The van der Waals surface area contributed by atoms with Gasteiger partial charge in [-0.05, 0) is 34.2 Å². The lowest BCUT2D eigenvalue weighted by Gasteiger charge is -2.05. The maximum absolute atomic E-state index is 5.97. The van der Waals surface area contributed by atoms with Crippen LogP contribution in [0.4, 0.5) is 5.82 Å². The summed E-state index contributed by atoms with van der Waals surface area (Å²) in [5, 5.41) is 4.03. The average molecular weight is 290 g/mol. The van der Waals surface area contributed by atoms with Crippen LogP contribution in [0.15, 0.2) is 16.7 Å². The fourth-order valence-corrected chi connectivity index (χ4v) is 2.18. The molecule has 0 saturated heterocycles. The standard InChI is InChI=1S/C11H14BrClN2/c1-2-7-3-8(7)5-14-11-4-10(13)9(12)6-15-11/h4,6-8H,2-3,5H2,1H3,(H,14,15). The minimum atomic E-state index is 0.704. The van der Waals surface area contributed by atoms with Crippen LogP contribution in [0.5, 0.6) is 0 Å². The molecule has 82 valence electrons. The Morgan fingerprint density at radius 2 is 2.40 bits per heavy atom. The van der Waals surface area contributed by atoms with E-state index in [0.717, 1.165) is 28.7 Å². The van der Waals surface area contributed by atoms with Gasteiger partial charge in [-0.25, -0.2) is 4.98 Å². The van der Waals surface area contributed by atoms with E-state index in [9.17, 15) is 0 Å². The Morgan fingerprint density at radius 1 is 1.60 bits per heavy atom. The molecule has 1 heterocycles. The maximum Gasteiger partial charge on any atom is 0.127 e. The van der Waals surface area contributed by atoms with E-state index >= 15 is 0 Å². The molecule has 0 spiro atoms. The summed E-state index contributed by atoms with van der Waals surface area (Å²) >= 11 is 9.29. The van der Waals surface area contributed by atoms with Crippen molar-refractivity contribution in [3.05, 3.63) is 21.8 Å². The molecule has 1 N–H and O–H groups in total. The Hall–Kier alpha value is -0.280. The molecule has 2 unspecified atom stereocenters. The molecule has 2 nitrogen and oxygen atoms in total. The monoisotopic (exact) mass is 288 g/mol. The van der Waals surface area contributed by atoms with Crippen molar-refractivity contribution in [2.24, 2.45) is 11.8 Å². The van der Waals surface area contributed by atoms with E-state index in [1.165, 1.54) is 12.8 Å². The Balaban J connectivity index is 1.86. The van der Waals surface area contributed by atoms with Crippen LogP contribution < -0.4 is 5.32 Å². The molecule has 1 aromatic heterocycles. The van der Waals surface area contributed by atoms with Crippen molar-refractivity contribution in [2.45, 2.75) is 19.8 Å². The lowest BCUT2D eigenvalue weighted by Crippen LogP contribution is -2.06. The van der Waals surface area contributed by atoms with Crippen molar-refractivity contribution in [1.82, 2.24) is 4.98 Å². The maximum atomic E-state index is 5.97. The first-order valence-electron chi connectivity index (χ1n) is 5.25. The van der Waals surface area contributed by atoms with Crippen LogP contribution in [-0.2, 0) is 0 Å². The van der Waals surface area contributed by atoms with Crippen LogP contribution >= 0.6 is 27.5 Å². The number of nitrogens with one attached hydrogen (secondary N) is 1. The van der Waals surface area contributed by atoms with E-state index in [-0.39, 0.29) is 0 Å². The van der Waals surface area contributed by atoms with Crippen molar-refractivity contribution < 1.29 is 0 Å². The number of pyridine rings is 1. The molecule has 0 aliphatic heterocycles. The van der Waals surface area contributed by atoms with Gasteiger partial charge in [-0.3, -0.25) is 0 Å². The zero-order valence-corrected chi connectivity index (χ0v) is 11.0. The first-order chi connectivity index (χ1) is 7.20. The average Bonchev–Trinajstić information content (AvgIpc) is 2.98. The van der Waals surface area contributed by atoms with Crippen LogP contribution in [0, 0.1) is 11.8 Å². The molecule has 1 fully saturated rings. The highest BCUT2D eigenvalue weighted by Crippen LogP contribution is 2.40. The van der Waals surface area contributed by atoms with Crippen molar-refractivity contribution in [2.75, 3.05) is 11.9 Å². The second kappa shape index (κ2) is 4.71. The number of nitrogens with zero attached hydrogens (tertiary/aromatic N) is 1. The van der Waals surface area contributed by atoms with Gasteiger partial charge in [0.2, 0.25) is 0 Å². The quantitative estimate of drug-likeness (QED) is 0.907. The summed E-state index contributed by atoms with van der Waals surface area (Å²) in [4.78, 5) is 4.25. The van der Waals surface area contributed by atoms with E-state index in [0.29, 0.717) is 5.02 Å². The SMILES string of the molecule is CCC1CC1CNc1cc(Cl)c(Br)cn1. The summed E-state index contributed by atoms with van der Waals surface area (Å²) in [5.74, 6) is 2.62. The van der Waals surface area contributed by atoms with Crippen molar-refractivity contribution in [1.29, 1.82) is 0 Å². The van der Waals surface area contributed by atoms with Crippen LogP contribution in [0.3, 0.4) is 0 Å². The smallest absolute Gasteiger partial charge is 0.127 e. The third-order valence-electron chi connectivity index (χ3n) is 2.95. The Labute approximate surface area is 104 Å². The van der Waals surface area contributed by atoms with Crippen LogP contribution in [0.2, 0.25) is 5.02 Å². The van der Waals surface area contributed by atoms with E-state index in [2.05, 4.69) is 33.2 Å². The largest absolute Gasteiger partial charge is 0.370 e. The second-order valence-corrected chi connectivity index (χ2v) is 5.29. The molecule has 4 heteroatoms. The normalized spacial score (nSPS) is 23.9. The topological polar surface area (TPSA) is 24.9 Å². The first kappa shape index (κ1) is 11.2. The molecule has 0 aromatic carbocycles. The highest BCUT2D eigenvalue weighted by molar-refractivity contribution is 9.10. The molecule has 1 saturated carbocycles. The van der Waals surface area contributed by atoms with Gasteiger partial charge in [0.05, 0.1) is 9.50 Å². The van der Waals surface area contributed by atoms with E-state index < -0.39 is 0 Å². The van der Waals surface area contributed by atoms with Gasteiger partial charge in [0.25, 0.3) is 0 Å². The van der Waals surface area contributed by atoms with Crippen molar-refractivity contribution >= 4 is 33.3 Å². The predicted molar refractivity (Wildman–Crippen MR) is 67.3 cm³/mol. The fourth-order valence-electron chi connectivity index (χ4n) is 1.81. The van der Waals surface area contributed by atoms with Gasteiger partial charge in [-0.1, -0.05) is 24.9 Å². The molecule has 0 bridgehead atoms. The Morgan fingerprint density at radius 3 is 3.00 bits per heavy atom. The second-order valence-electron chi connectivity index (χ2n) is 4.03. The number of rotatable bonds is 4. The summed E-state index contributed by atoms with van der Waals surface area (Å²) in [6, 6.07) is 1.86. The van der Waals surface area contributed by atoms with E-state index in [1.807, 2.05) is 6.07 Å². The van der Waals surface area contributed by atoms with E-state index in [1.54, 1.807) is 6.20 Å². The minimum Gasteiger partial charge on any atom is -0.370 e. The Bertz CT molecular complexity index is 356. The van der Waals surface area contributed by atoms with Crippen molar-refractivity contribution in [3.63, 3.8) is 0 Å². The number of hydrogen-bond acceptors (Lipinski definition) is 2. The molecule has 1 aromatic rings. The first-order valence-corrected chi connectivity index (χ1v) is 6.42. The summed E-state index contributed by atoms with van der Waals surface area (Å²) < 4.78 is 0.840. The van der Waals surface area contributed by atoms with Gasteiger partial charge in [0.1, 0.15) is 5.82 Å². The lowest BCUT2D eigenvalue weighted by atomic mass is 10.2. The number of halogens is 2. The zero-order chi connectivity index (χ0) is 10.8. The summed E-state index contributed by atoms with van der Waals surface area (Å²) in [6.45, 7) is 3.27. The zero-order valence-electron chi connectivity index (χ0n) is 8.63. The highest BCUT2D eigenvalue weighted by Gasteiger charge is 2.34. The predicted octanol–water partition coefficient (Wildman–Crippen LogP) is 3.96.